The van der Waals surface area contributed by atoms with E-state index in [1.165, 1.54) is 11.0 Å². The van der Waals surface area contributed by atoms with E-state index in [4.69, 9.17) is 4.74 Å². The van der Waals surface area contributed by atoms with Crippen LogP contribution >= 0.6 is 0 Å². The third kappa shape index (κ3) is 4.48. The van der Waals surface area contributed by atoms with E-state index in [2.05, 4.69) is 9.72 Å². The van der Waals surface area contributed by atoms with Gasteiger partial charge in [0.1, 0.15) is 28.6 Å². The van der Waals surface area contributed by atoms with E-state index >= 15 is 0 Å². The monoisotopic (exact) mass is 476 g/mol. The van der Waals surface area contributed by atoms with Crippen LogP contribution in [0.5, 0.6) is 11.6 Å². The van der Waals surface area contributed by atoms with Gasteiger partial charge in [-0.25, -0.2) is 17.8 Å². The number of pyridine rings is 1. The number of halogens is 4. The first-order valence-electron chi connectivity index (χ1n) is 9.32. The summed E-state index contributed by atoms with van der Waals surface area (Å²) in [5, 5.41) is 9.81. The Morgan fingerprint density at radius 1 is 1.28 bits per heavy atom. The normalized spacial score (nSPS) is 20.9. The van der Waals surface area contributed by atoms with Crippen LogP contribution in [0.3, 0.4) is 0 Å². The molecule has 2 aliphatic heterocycles. The average molecular weight is 476 g/mol. The lowest BCUT2D eigenvalue weighted by molar-refractivity contribution is -0.275. The number of sulfone groups is 1. The number of aliphatic hydroxyl groups is 1. The molecule has 1 aromatic heterocycles. The molecule has 0 spiro atoms. The standard InChI is InChI=1S/C19H16F4N2O6S/c20-11-1-2-15(31-19(21,22)23)16(4-11)32(28,29)9-10-3-14-17(24-6-10)30-8-12-5-13(26)7-25(12)18(14)27/h1-4,6,12-13,26H,5,7-9H2/t12-,13+/m1/s1. The second-order valence-electron chi connectivity index (χ2n) is 7.41. The minimum Gasteiger partial charge on any atom is -0.475 e. The summed E-state index contributed by atoms with van der Waals surface area (Å²) in [6, 6.07) is 2.48. The molecule has 3 heterocycles. The molecular formula is C19H16F4N2O6S. The van der Waals surface area contributed by atoms with Crippen molar-refractivity contribution >= 4 is 15.7 Å². The Labute approximate surface area is 179 Å². The van der Waals surface area contributed by atoms with Gasteiger partial charge in [0.2, 0.25) is 5.88 Å². The van der Waals surface area contributed by atoms with E-state index < -0.39 is 50.4 Å². The highest BCUT2D eigenvalue weighted by Crippen LogP contribution is 2.33. The Balaban J connectivity index is 1.66. The molecule has 2 aromatic rings. The Morgan fingerprint density at radius 2 is 2.03 bits per heavy atom. The summed E-state index contributed by atoms with van der Waals surface area (Å²) < 4.78 is 86.4. The fourth-order valence-corrected chi connectivity index (χ4v) is 5.16. The predicted octanol–water partition coefficient (Wildman–Crippen LogP) is 2.06. The number of carbonyl (C=O) groups is 1. The second-order valence-corrected chi connectivity index (χ2v) is 9.36. The molecule has 1 fully saturated rings. The van der Waals surface area contributed by atoms with E-state index in [9.17, 15) is 35.9 Å². The maximum atomic E-state index is 13.6. The molecule has 1 aromatic carbocycles. The minimum atomic E-state index is -5.19. The number of aliphatic hydroxyl groups excluding tert-OH is 1. The molecule has 1 saturated heterocycles. The molecule has 8 nitrogen and oxygen atoms in total. The van der Waals surface area contributed by atoms with Crippen molar-refractivity contribution in [2.24, 2.45) is 0 Å². The fourth-order valence-electron chi connectivity index (χ4n) is 3.70. The van der Waals surface area contributed by atoms with Crippen molar-refractivity contribution in [1.29, 1.82) is 0 Å². The minimum absolute atomic E-state index is 0.0214. The van der Waals surface area contributed by atoms with Gasteiger partial charge in [0.05, 0.1) is 17.9 Å². The number of amides is 1. The number of hydrogen-bond donors (Lipinski definition) is 1. The summed E-state index contributed by atoms with van der Waals surface area (Å²) in [6.07, 6.45) is -4.47. The first-order chi connectivity index (χ1) is 14.9. The van der Waals surface area contributed by atoms with Gasteiger partial charge in [-0.3, -0.25) is 4.79 Å². The molecule has 2 aliphatic rings. The van der Waals surface area contributed by atoms with E-state index in [1.54, 1.807) is 0 Å². The molecule has 0 bridgehead atoms. The van der Waals surface area contributed by atoms with Crippen molar-refractivity contribution < 1.29 is 45.4 Å². The van der Waals surface area contributed by atoms with E-state index in [1.807, 2.05) is 0 Å². The van der Waals surface area contributed by atoms with Gasteiger partial charge in [-0.1, -0.05) is 0 Å². The summed E-state index contributed by atoms with van der Waals surface area (Å²) in [5.74, 6) is -3.55. The van der Waals surface area contributed by atoms with Crippen molar-refractivity contribution in [1.82, 2.24) is 9.88 Å². The number of carbonyl (C=O) groups excluding carboxylic acids is 1. The van der Waals surface area contributed by atoms with Crippen LogP contribution in [0.4, 0.5) is 17.6 Å². The third-order valence-corrected chi connectivity index (χ3v) is 6.73. The highest BCUT2D eigenvalue weighted by Gasteiger charge is 2.39. The first kappa shape index (κ1) is 22.3. The van der Waals surface area contributed by atoms with Crippen LogP contribution in [-0.2, 0) is 15.6 Å². The van der Waals surface area contributed by atoms with Gasteiger partial charge in [0.25, 0.3) is 5.91 Å². The largest absolute Gasteiger partial charge is 0.573 e. The lowest BCUT2D eigenvalue weighted by Gasteiger charge is -2.20. The molecule has 0 aliphatic carbocycles. The number of fused-ring (bicyclic) bond motifs is 2. The Hall–Kier alpha value is -2.93. The van der Waals surface area contributed by atoms with Crippen molar-refractivity contribution in [2.45, 2.75) is 35.6 Å². The summed E-state index contributed by atoms with van der Waals surface area (Å²) in [6.45, 7) is 0.179. The van der Waals surface area contributed by atoms with E-state index in [-0.39, 0.29) is 36.2 Å². The zero-order valence-corrected chi connectivity index (χ0v) is 17.0. The van der Waals surface area contributed by atoms with Crippen LogP contribution in [0, 0.1) is 5.82 Å². The van der Waals surface area contributed by atoms with Gasteiger partial charge in [0.15, 0.2) is 9.84 Å². The Morgan fingerprint density at radius 3 is 2.75 bits per heavy atom. The maximum Gasteiger partial charge on any atom is 0.573 e. The van der Waals surface area contributed by atoms with Crippen LogP contribution in [0.25, 0.3) is 0 Å². The molecule has 0 radical (unpaired) electrons. The molecule has 32 heavy (non-hydrogen) atoms. The Kier molecular flexibility index (Phi) is 5.49. The average Bonchev–Trinajstić information content (AvgIpc) is 3.01. The molecule has 13 heteroatoms. The van der Waals surface area contributed by atoms with Gasteiger partial charge >= 0.3 is 6.36 Å². The number of nitrogens with zero attached hydrogens (tertiary/aromatic N) is 2. The lowest BCUT2D eigenvalue weighted by atomic mass is 10.2. The summed E-state index contributed by atoms with van der Waals surface area (Å²) in [7, 11) is -4.53. The van der Waals surface area contributed by atoms with E-state index in [0.717, 1.165) is 6.20 Å². The van der Waals surface area contributed by atoms with Crippen molar-refractivity contribution in [3.63, 3.8) is 0 Å². The van der Waals surface area contributed by atoms with Crippen LogP contribution in [-0.4, -0.2) is 61.0 Å². The molecular weight excluding hydrogens is 460 g/mol. The SMILES string of the molecule is O=C1c2cc(CS(=O)(=O)c3cc(F)ccc3OC(F)(F)F)cnc2OC[C@H]2C[C@H](O)CN12. The molecule has 0 unspecified atom stereocenters. The predicted molar refractivity (Wildman–Crippen MR) is 99.2 cm³/mol. The third-order valence-electron chi connectivity index (χ3n) is 5.03. The van der Waals surface area contributed by atoms with Crippen LogP contribution in [0.1, 0.15) is 22.3 Å². The van der Waals surface area contributed by atoms with Crippen molar-refractivity contribution in [3.8, 4) is 11.6 Å². The molecule has 0 saturated carbocycles. The molecule has 1 N–H and O–H groups in total. The topological polar surface area (TPSA) is 106 Å². The first-order valence-corrected chi connectivity index (χ1v) is 11.0. The number of rotatable bonds is 4. The number of alkyl halides is 3. The van der Waals surface area contributed by atoms with Crippen molar-refractivity contribution in [2.75, 3.05) is 13.2 Å². The zero-order valence-electron chi connectivity index (χ0n) is 16.2. The lowest BCUT2D eigenvalue weighted by Crippen LogP contribution is -2.37. The van der Waals surface area contributed by atoms with Crippen LogP contribution < -0.4 is 9.47 Å². The molecule has 4 rings (SSSR count). The quantitative estimate of drug-likeness (QED) is 0.674. The van der Waals surface area contributed by atoms with E-state index in [0.29, 0.717) is 24.6 Å². The maximum absolute atomic E-state index is 13.6. The Bertz CT molecular complexity index is 1170. The van der Waals surface area contributed by atoms with Gasteiger partial charge in [-0.05, 0) is 36.2 Å². The summed E-state index contributed by atoms with van der Waals surface area (Å²) in [4.78, 5) is 17.2. The highest BCUT2D eigenvalue weighted by molar-refractivity contribution is 7.90. The zero-order chi connectivity index (χ0) is 23.3. The van der Waals surface area contributed by atoms with Crippen LogP contribution in [0.2, 0.25) is 0 Å². The number of hydrogen-bond acceptors (Lipinski definition) is 7. The van der Waals surface area contributed by atoms with Gasteiger partial charge < -0.3 is 19.5 Å². The van der Waals surface area contributed by atoms with Gasteiger partial charge in [0, 0.05) is 12.7 Å². The smallest absolute Gasteiger partial charge is 0.475 e. The van der Waals surface area contributed by atoms with Crippen LogP contribution in [0.15, 0.2) is 35.4 Å². The fraction of sp³-hybridized carbons (Fsp3) is 0.368. The molecule has 2 atom stereocenters. The summed E-state index contributed by atoms with van der Waals surface area (Å²) >= 11 is 0. The highest BCUT2D eigenvalue weighted by atomic mass is 32.2. The van der Waals surface area contributed by atoms with Gasteiger partial charge in [-0.2, -0.15) is 0 Å². The molecule has 172 valence electrons. The number of ether oxygens (including phenoxy) is 2. The number of aromatic nitrogens is 1. The summed E-state index contributed by atoms with van der Waals surface area (Å²) in [5.41, 5.74) is -0.0681. The molecule has 1 amide bonds. The van der Waals surface area contributed by atoms with Crippen molar-refractivity contribution in [3.05, 3.63) is 47.4 Å². The van der Waals surface area contributed by atoms with Gasteiger partial charge in [-0.15, -0.1) is 13.2 Å². The number of benzene rings is 1. The second kappa shape index (κ2) is 7.89.